The molecular formula is C23H23ClN4O5S3. The van der Waals surface area contributed by atoms with Crippen LogP contribution in [-0.2, 0) is 31.3 Å². The van der Waals surface area contributed by atoms with E-state index in [4.69, 9.17) is 11.6 Å². The van der Waals surface area contributed by atoms with Gasteiger partial charge in [-0.2, -0.15) is 0 Å². The maximum absolute atomic E-state index is 12.9. The average molecular weight is 567 g/mol. The SMILES string of the molecule is CN(C)S(=O)(=O)c1ccccc1-c1ccc(N2CC=C(NS(=O)(=O)CCc3ccc(Cl)s3)C2=O)nc1. The number of aryl methyl sites for hydroxylation is 1. The molecule has 1 N–H and O–H groups in total. The number of amides is 1. The van der Waals surface area contributed by atoms with Gasteiger partial charge in [-0.05, 0) is 42.8 Å². The number of thiophene rings is 1. The van der Waals surface area contributed by atoms with E-state index < -0.39 is 26.0 Å². The largest absolute Gasteiger partial charge is 0.287 e. The second kappa shape index (κ2) is 10.3. The number of carbonyl (C=O) groups is 1. The van der Waals surface area contributed by atoms with Crippen molar-refractivity contribution in [2.75, 3.05) is 31.3 Å². The molecule has 13 heteroatoms. The molecule has 4 rings (SSSR count). The Bertz CT molecular complexity index is 1530. The van der Waals surface area contributed by atoms with Crippen molar-refractivity contribution in [3.05, 3.63) is 75.7 Å². The Labute approximate surface area is 219 Å². The Morgan fingerprint density at radius 1 is 1.08 bits per heavy atom. The van der Waals surface area contributed by atoms with E-state index in [2.05, 4.69) is 9.71 Å². The van der Waals surface area contributed by atoms with E-state index in [-0.39, 0.29) is 29.3 Å². The molecule has 1 aliphatic heterocycles. The van der Waals surface area contributed by atoms with Crippen molar-refractivity contribution in [2.45, 2.75) is 11.3 Å². The third-order valence-electron chi connectivity index (χ3n) is 5.45. The molecule has 0 saturated carbocycles. The number of halogens is 1. The Balaban J connectivity index is 1.46. The van der Waals surface area contributed by atoms with Crippen LogP contribution < -0.4 is 9.62 Å². The van der Waals surface area contributed by atoms with Crippen LogP contribution in [0.1, 0.15) is 4.88 Å². The lowest BCUT2D eigenvalue weighted by Gasteiger charge is -2.17. The summed E-state index contributed by atoms with van der Waals surface area (Å²) < 4.78 is 54.5. The minimum Gasteiger partial charge on any atom is -0.287 e. The molecule has 36 heavy (non-hydrogen) atoms. The van der Waals surface area contributed by atoms with Gasteiger partial charge in [0.05, 0.1) is 15.0 Å². The van der Waals surface area contributed by atoms with Crippen LogP contribution in [0.2, 0.25) is 4.34 Å². The molecule has 0 saturated heterocycles. The zero-order chi connectivity index (χ0) is 26.1. The maximum atomic E-state index is 12.9. The standard InChI is InChI=1S/C23H23ClN4O5S3/c1-27(2)36(32,33)20-6-4-3-5-18(20)16-7-10-22(25-15-16)28-13-11-19(23(28)29)26-35(30,31)14-12-17-8-9-21(24)34-17/h3-11,15,26H,12-14H2,1-2H3. The van der Waals surface area contributed by atoms with Gasteiger partial charge in [0.2, 0.25) is 20.0 Å². The summed E-state index contributed by atoms with van der Waals surface area (Å²) in [4.78, 5) is 19.5. The molecule has 0 fully saturated rings. The van der Waals surface area contributed by atoms with Crippen molar-refractivity contribution < 1.29 is 21.6 Å². The summed E-state index contributed by atoms with van der Waals surface area (Å²) in [7, 11) is -4.50. The molecule has 190 valence electrons. The van der Waals surface area contributed by atoms with E-state index >= 15 is 0 Å². The highest BCUT2D eigenvalue weighted by Crippen LogP contribution is 2.30. The second-order valence-corrected chi connectivity index (χ2v) is 13.9. The van der Waals surface area contributed by atoms with Crippen LogP contribution in [0.4, 0.5) is 5.82 Å². The van der Waals surface area contributed by atoms with Gasteiger partial charge in [-0.3, -0.25) is 14.4 Å². The summed E-state index contributed by atoms with van der Waals surface area (Å²) in [6.07, 6.45) is 3.27. The number of aromatic nitrogens is 1. The Hall–Kier alpha value is -2.77. The molecule has 1 amide bonds. The van der Waals surface area contributed by atoms with Gasteiger partial charge in [0, 0.05) is 42.8 Å². The van der Waals surface area contributed by atoms with Crippen LogP contribution >= 0.6 is 22.9 Å². The van der Waals surface area contributed by atoms with E-state index in [1.807, 2.05) is 0 Å². The van der Waals surface area contributed by atoms with Crippen molar-refractivity contribution >= 4 is 54.7 Å². The van der Waals surface area contributed by atoms with Crippen molar-refractivity contribution in [3.8, 4) is 11.1 Å². The Morgan fingerprint density at radius 2 is 1.83 bits per heavy atom. The monoisotopic (exact) mass is 566 g/mol. The van der Waals surface area contributed by atoms with Gasteiger partial charge in [-0.15, -0.1) is 11.3 Å². The lowest BCUT2D eigenvalue weighted by atomic mass is 10.1. The first-order chi connectivity index (χ1) is 17.0. The average Bonchev–Trinajstić information content (AvgIpc) is 3.42. The first-order valence-corrected chi connectivity index (χ1v) is 15.0. The molecular weight excluding hydrogens is 544 g/mol. The third kappa shape index (κ3) is 5.62. The zero-order valence-electron chi connectivity index (χ0n) is 19.4. The van der Waals surface area contributed by atoms with Crippen LogP contribution in [0.25, 0.3) is 11.1 Å². The first kappa shape index (κ1) is 26.3. The van der Waals surface area contributed by atoms with Gasteiger partial charge in [-0.1, -0.05) is 29.8 Å². The van der Waals surface area contributed by atoms with Crippen LogP contribution in [0, 0.1) is 0 Å². The first-order valence-electron chi connectivity index (χ1n) is 10.7. The van der Waals surface area contributed by atoms with Crippen molar-refractivity contribution in [3.63, 3.8) is 0 Å². The molecule has 1 aromatic carbocycles. The molecule has 0 atom stereocenters. The molecule has 0 radical (unpaired) electrons. The lowest BCUT2D eigenvalue weighted by Crippen LogP contribution is -2.34. The molecule has 0 spiro atoms. The van der Waals surface area contributed by atoms with Gasteiger partial charge < -0.3 is 0 Å². The van der Waals surface area contributed by atoms with Crippen molar-refractivity contribution in [1.29, 1.82) is 0 Å². The number of sulfonamides is 2. The van der Waals surface area contributed by atoms with Crippen molar-refractivity contribution in [1.82, 2.24) is 14.0 Å². The summed E-state index contributed by atoms with van der Waals surface area (Å²) in [5.74, 6) is -0.389. The number of carbonyl (C=O) groups excluding carboxylic acids is 1. The molecule has 0 unspecified atom stereocenters. The lowest BCUT2D eigenvalue weighted by molar-refractivity contribution is -0.114. The molecule has 9 nitrogen and oxygen atoms in total. The van der Waals surface area contributed by atoms with E-state index in [0.717, 1.165) is 9.18 Å². The van der Waals surface area contributed by atoms with Gasteiger partial charge in [0.1, 0.15) is 11.5 Å². The van der Waals surface area contributed by atoms with Crippen LogP contribution in [0.15, 0.2) is 71.4 Å². The fourth-order valence-electron chi connectivity index (χ4n) is 3.55. The summed E-state index contributed by atoms with van der Waals surface area (Å²) in [6, 6.07) is 13.3. The normalized spacial score (nSPS) is 14.4. The highest BCUT2D eigenvalue weighted by molar-refractivity contribution is 7.89. The highest BCUT2D eigenvalue weighted by atomic mass is 35.5. The minimum absolute atomic E-state index is 0.0347. The van der Waals surface area contributed by atoms with Crippen LogP contribution in [0.3, 0.4) is 0 Å². The quantitative estimate of drug-likeness (QED) is 0.425. The van der Waals surface area contributed by atoms with Gasteiger partial charge in [0.15, 0.2) is 0 Å². The molecule has 3 heterocycles. The van der Waals surface area contributed by atoms with Crippen molar-refractivity contribution in [2.24, 2.45) is 0 Å². The van der Waals surface area contributed by atoms with Gasteiger partial charge in [0.25, 0.3) is 5.91 Å². The van der Waals surface area contributed by atoms with Gasteiger partial charge in [-0.25, -0.2) is 26.1 Å². The number of nitrogens with zero attached hydrogens (tertiary/aromatic N) is 3. The topological polar surface area (TPSA) is 117 Å². The van der Waals surface area contributed by atoms with E-state index in [1.54, 1.807) is 42.5 Å². The molecule has 2 aromatic heterocycles. The smallest absolute Gasteiger partial charge is 0.276 e. The summed E-state index contributed by atoms with van der Waals surface area (Å²) in [5.41, 5.74) is 1.01. The number of nitrogens with one attached hydrogen (secondary N) is 1. The molecule has 0 aliphatic carbocycles. The molecule has 1 aliphatic rings. The van der Waals surface area contributed by atoms with Crippen LogP contribution in [-0.4, -0.2) is 58.4 Å². The number of benzene rings is 1. The summed E-state index contributed by atoms with van der Waals surface area (Å²) in [6.45, 7) is 0.148. The summed E-state index contributed by atoms with van der Waals surface area (Å²) >= 11 is 7.20. The predicted octanol–water partition coefficient (Wildman–Crippen LogP) is 3.11. The zero-order valence-corrected chi connectivity index (χ0v) is 22.6. The van der Waals surface area contributed by atoms with E-state index in [1.165, 1.54) is 48.7 Å². The fraction of sp³-hybridized carbons (Fsp3) is 0.217. The number of hydrogen-bond donors (Lipinski definition) is 1. The molecule has 3 aromatic rings. The Morgan fingerprint density at radius 3 is 2.47 bits per heavy atom. The molecule has 0 bridgehead atoms. The number of anilines is 1. The van der Waals surface area contributed by atoms with E-state index in [9.17, 15) is 21.6 Å². The number of pyridine rings is 1. The fourth-order valence-corrected chi connectivity index (χ4v) is 6.97. The number of hydrogen-bond acceptors (Lipinski definition) is 7. The third-order valence-corrected chi connectivity index (χ3v) is 9.88. The predicted molar refractivity (Wildman–Crippen MR) is 141 cm³/mol. The van der Waals surface area contributed by atoms with Gasteiger partial charge >= 0.3 is 0 Å². The number of rotatable bonds is 9. The second-order valence-electron chi connectivity index (χ2n) is 8.10. The Kier molecular flexibility index (Phi) is 7.53. The summed E-state index contributed by atoms with van der Waals surface area (Å²) in [5, 5.41) is 0. The van der Waals surface area contributed by atoms with Crippen LogP contribution in [0.5, 0.6) is 0 Å². The highest BCUT2D eigenvalue weighted by Gasteiger charge is 2.29. The van der Waals surface area contributed by atoms with E-state index in [0.29, 0.717) is 21.3 Å². The maximum Gasteiger partial charge on any atom is 0.276 e. The minimum atomic E-state index is -3.74.